The molecule has 2 nitrogen and oxygen atoms in total. The van der Waals surface area contributed by atoms with Gasteiger partial charge in [-0.25, -0.2) is 9.97 Å². The van der Waals surface area contributed by atoms with Crippen molar-refractivity contribution < 1.29 is 0 Å². The van der Waals surface area contributed by atoms with Crippen LogP contribution in [0.5, 0.6) is 0 Å². The Hall–Kier alpha value is -0.340. The van der Waals surface area contributed by atoms with Crippen LogP contribution in [0.25, 0.3) is 0 Å². The lowest BCUT2D eigenvalue weighted by atomic mass is 9.83. The highest BCUT2D eigenvalue weighted by Gasteiger charge is 2.19. The van der Waals surface area contributed by atoms with Crippen molar-refractivity contribution in [2.45, 2.75) is 31.6 Å². The fraction of sp³-hybridized carbons (Fsp3) is 0.600. The molecule has 0 saturated heterocycles. The van der Waals surface area contributed by atoms with Gasteiger partial charge in [-0.05, 0) is 12.0 Å². The van der Waals surface area contributed by atoms with Gasteiger partial charge in [-0.15, -0.1) is 11.6 Å². The quantitative estimate of drug-likeness (QED) is 0.589. The Kier molecular flexibility index (Phi) is 3.24. The normalized spacial score (nSPS) is 16.7. The summed E-state index contributed by atoms with van der Waals surface area (Å²) in [5, 5.41) is 0.505. The van der Waals surface area contributed by atoms with E-state index >= 15 is 0 Å². The van der Waals surface area contributed by atoms with Crippen LogP contribution >= 0.6 is 23.2 Å². The molecule has 0 unspecified atom stereocenters. The maximum Gasteiger partial charge on any atom is 0.133 e. The smallest absolute Gasteiger partial charge is 0.133 e. The van der Waals surface area contributed by atoms with Gasteiger partial charge >= 0.3 is 0 Å². The van der Waals surface area contributed by atoms with Gasteiger partial charge in [-0.3, -0.25) is 0 Å². The van der Waals surface area contributed by atoms with Gasteiger partial charge in [0.05, 0.1) is 11.6 Å². The molecule has 1 aliphatic rings. The third-order valence-electron chi connectivity index (χ3n) is 2.63. The molecule has 1 fully saturated rings. The van der Waals surface area contributed by atoms with Crippen LogP contribution in [0.15, 0.2) is 6.07 Å². The van der Waals surface area contributed by atoms with Crippen LogP contribution in [0.1, 0.15) is 30.8 Å². The van der Waals surface area contributed by atoms with Crippen molar-refractivity contribution in [2.75, 3.05) is 0 Å². The van der Waals surface area contributed by atoms with Crippen molar-refractivity contribution in [3.63, 3.8) is 0 Å². The lowest BCUT2D eigenvalue weighted by Crippen LogP contribution is -2.15. The molecule has 0 aromatic carbocycles. The lowest BCUT2D eigenvalue weighted by Gasteiger charge is -2.24. The molecule has 1 heterocycles. The van der Waals surface area contributed by atoms with Crippen molar-refractivity contribution >= 4 is 23.2 Å². The van der Waals surface area contributed by atoms with Gasteiger partial charge in [0.25, 0.3) is 0 Å². The van der Waals surface area contributed by atoms with Crippen LogP contribution in [0, 0.1) is 5.92 Å². The molecule has 0 amide bonds. The van der Waals surface area contributed by atoms with Crippen molar-refractivity contribution in [2.24, 2.45) is 5.92 Å². The van der Waals surface area contributed by atoms with Crippen molar-refractivity contribution in [1.82, 2.24) is 9.97 Å². The summed E-state index contributed by atoms with van der Waals surface area (Å²) in [6, 6.07) is 1.72. The van der Waals surface area contributed by atoms with Crippen LogP contribution < -0.4 is 0 Å². The van der Waals surface area contributed by atoms with Gasteiger partial charge in [0.15, 0.2) is 0 Å². The summed E-state index contributed by atoms with van der Waals surface area (Å²) in [7, 11) is 0. The summed E-state index contributed by atoms with van der Waals surface area (Å²) in [5.74, 6) is 2.01. The number of rotatable bonds is 3. The first-order chi connectivity index (χ1) is 6.78. The van der Waals surface area contributed by atoms with Crippen molar-refractivity contribution in [1.29, 1.82) is 0 Å². The second-order valence-electron chi connectivity index (χ2n) is 3.73. The van der Waals surface area contributed by atoms with Gasteiger partial charge in [-0.2, -0.15) is 0 Å². The third-order valence-corrected chi connectivity index (χ3v) is 3.09. The van der Waals surface area contributed by atoms with Gasteiger partial charge in [0.1, 0.15) is 11.0 Å². The largest absolute Gasteiger partial charge is 0.237 e. The Morgan fingerprint density at radius 2 is 2.14 bits per heavy atom. The molecule has 2 rings (SSSR count). The highest BCUT2D eigenvalue weighted by atomic mass is 35.5. The van der Waals surface area contributed by atoms with Crippen LogP contribution in [0.2, 0.25) is 5.15 Å². The van der Waals surface area contributed by atoms with Crippen LogP contribution in [-0.4, -0.2) is 9.97 Å². The van der Waals surface area contributed by atoms with Crippen molar-refractivity contribution in [3.05, 3.63) is 22.7 Å². The molecule has 4 heteroatoms. The van der Waals surface area contributed by atoms with E-state index in [9.17, 15) is 0 Å². The van der Waals surface area contributed by atoms with E-state index in [1.165, 1.54) is 19.3 Å². The van der Waals surface area contributed by atoms with Crippen LogP contribution in [-0.2, 0) is 12.3 Å². The molecule has 1 aromatic heterocycles. The van der Waals surface area contributed by atoms with Crippen LogP contribution in [0.3, 0.4) is 0 Å². The Labute approximate surface area is 93.7 Å². The Morgan fingerprint density at radius 1 is 1.36 bits per heavy atom. The zero-order valence-corrected chi connectivity index (χ0v) is 9.35. The van der Waals surface area contributed by atoms with E-state index in [2.05, 4.69) is 9.97 Å². The number of halogens is 2. The number of hydrogen-bond donors (Lipinski definition) is 0. The maximum atomic E-state index is 5.86. The topological polar surface area (TPSA) is 25.8 Å². The summed E-state index contributed by atoms with van der Waals surface area (Å²) < 4.78 is 0. The first-order valence-corrected chi connectivity index (χ1v) is 5.77. The second kappa shape index (κ2) is 4.45. The Bertz CT molecular complexity index is 324. The molecular weight excluding hydrogens is 219 g/mol. The fourth-order valence-electron chi connectivity index (χ4n) is 1.63. The molecule has 0 atom stereocenters. The van der Waals surface area contributed by atoms with Crippen LogP contribution in [0.4, 0.5) is 0 Å². The highest BCUT2D eigenvalue weighted by Crippen LogP contribution is 2.29. The standard InChI is InChI=1S/C10H12Cl2N2/c11-6-8-5-9(12)14-10(13-8)4-7-2-1-3-7/h5,7H,1-4,6H2. The molecule has 1 saturated carbocycles. The molecule has 1 aromatic rings. The number of alkyl halides is 1. The monoisotopic (exact) mass is 230 g/mol. The first-order valence-electron chi connectivity index (χ1n) is 4.86. The highest BCUT2D eigenvalue weighted by molar-refractivity contribution is 6.29. The Balaban J connectivity index is 2.11. The number of nitrogens with zero attached hydrogens (tertiary/aromatic N) is 2. The van der Waals surface area contributed by atoms with Gasteiger partial charge in [-0.1, -0.05) is 30.9 Å². The summed E-state index contributed by atoms with van der Waals surface area (Å²) in [6.07, 6.45) is 4.89. The van der Waals surface area contributed by atoms with E-state index in [1.807, 2.05) is 0 Å². The summed E-state index contributed by atoms with van der Waals surface area (Å²) >= 11 is 11.6. The molecule has 0 N–H and O–H groups in total. The minimum absolute atomic E-state index is 0.403. The molecule has 0 aliphatic heterocycles. The second-order valence-corrected chi connectivity index (χ2v) is 4.39. The van der Waals surface area contributed by atoms with E-state index in [0.29, 0.717) is 11.0 Å². The minimum Gasteiger partial charge on any atom is -0.237 e. The molecule has 0 spiro atoms. The van der Waals surface area contributed by atoms with E-state index in [0.717, 1.165) is 23.9 Å². The molecule has 0 bridgehead atoms. The van der Waals surface area contributed by atoms with Gasteiger partial charge in [0.2, 0.25) is 0 Å². The molecule has 1 aliphatic carbocycles. The molecule has 0 radical (unpaired) electrons. The summed E-state index contributed by atoms with van der Waals surface area (Å²) in [4.78, 5) is 8.55. The zero-order chi connectivity index (χ0) is 9.97. The number of hydrogen-bond acceptors (Lipinski definition) is 2. The number of aromatic nitrogens is 2. The average Bonchev–Trinajstić information content (AvgIpc) is 2.10. The van der Waals surface area contributed by atoms with Gasteiger partial charge in [0, 0.05) is 6.42 Å². The molecule has 14 heavy (non-hydrogen) atoms. The zero-order valence-electron chi connectivity index (χ0n) is 7.84. The SMILES string of the molecule is ClCc1cc(Cl)nc(CC2CCC2)n1. The third kappa shape index (κ3) is 2.37. The fourth-order valence-corrected chi connectivity index (χ4v) is 1.99. The summed E-state index contributed by atoms with van der Waals surface area (Å²) in [5.41, 5.74) is 0.820. The van der Waals surface area contributed by atoms with Crippen molar-refractivity contribution in [3.8, 4) is 0 Å². The molecule has 76 valence electrons. The molecular formula is C10H12Cl2N2. The van der Waals surface area contributed by atoms with E-state index in [1.54, 1.807) is 6.07 Å². The van der Waals surface area contributed by atoms with Gasteiger partial charge < -0.3 is 0 Å². The predicted octanol–water partition coefficient (Wildman–Crippen LogP) is 3.21. The minimum atomic E-state index is 0.403. The van der Waals surface area contributed by atoms with E-state index in [-0.39, 0.29) is 0 Å². The lowest BCUT2D eigenvalue weighted by molar-refractivity contribution is 0.309. The first kappa shape index (κ1) is 10.2. The Morgan fingerprint density at radius 3 is 2.71 bits per heavy atom. The average molecular weight is 231 g/mol. The van der Waals surface area contributed by atoms with E-state index in [4.69, 9.17) is 23.2 Å². The summed E-state index contributed by atoms with van der Waals surface area (Å²) in [6.45, 7) is 0. The van der Waals surface area contributed by atoms with E-state index < -0.39 is 0 Å². The maximum absolute atomic E-state index is 5.86. The predicted molar refractivity (Wildman–Crippen MR) is 57.6 cm³/mol.